The molecule has 0 unspecified atom stereocenters. The van der Waals surface area contributed by atoms with Gasteiger partial charge in [0.25, 0.3) is 0 Å². The number of hydrogen-bond donors (Lipinski definition) is 0. The summed E-state index contributed by atoms with van der Waals surface area (Å²) in [5.74, 6) is 2.24. The second kappa shape index (κ2) is 6.48. The molecule has 1 aliphatic rings. The van der Waals surface area contributed by atoms with Crippen LogP contribution < -0.4 is 0 Å². The second-order valence-corrected chi connectivity index (χ2v) is 7.27. The fraction of sp³-hybridized carbons (Fsp3) is 0.368. The molecule has 2 aromatic rings. The van der Waals surface area contributed by atoms with Gasteiger partial charge in [-0.3, -0.25) is 0 Å². The van der Waals surface area contributed by atoms with E-state index in [0.717, 1.165) is 43.6 Å². The van der Waals surface area contributed by atoms with Crippen molar-refractivity contribution in [3.8, 4) is 0 Å². The molecule has 0 N–H and O–H groups in total. The molecule has 21 heavy (non-hydrogen) atoms. The maximum absolute atomic E-state index is 5.96. The average molecular weight is 298 g/mol. The molecular weight excluding hydrogens is 276 g/mol. The van der Waals surface area contributed by atoms with E-state index in [-0.39, 0.29) is 0 Å². The van der Waals surface area contributed by atoms with Crippen molar-refractivity contribution < 1.29 is 4.42 Å². The Morgan fingerprint density at radius 2 is 1.67 bits per heavy atom. The van der Waals surface area contributed by atoms with Crippen LogP contribution in [0.1, 0.15) is 41.0 Å². The van der Waals surface area contributed by atoms with Gasteiger partial charge in [0.05, 0.1) is 0 Å². The molecule has 0 amide bonds. The Morgan fingerprint density at radius 3 is 2.29 bits per heavy atom. The van der Waals surface area contributed by atoms with E-state index in [9.17, 15) is 0 Å². The van der Waals surface area contributed by atoms with E-state index in [0.29, 0.717) is 0 Å². The van der Waals surface area contributed by atoms with Crippen molar-refractivity contribution in [2.75, 3.05) is 0 Å². The van der Waals surface area contributed by atoms with Crippen LogP contribution in [0.3, 0.4) is 0 Å². The van der Waals surface area contributed by atoms with E-state index < -0.39 is 0 Å². The zero-order chi connectivity index (χ0) is 14.7. The van der Waals surface area contributed by atoms with Crippen LogP contribution in [0.15, 0.2) is 52.0 Å². The molecule has 110 valence electrons. The summed E-state index contributed by atoms with van der Waals surface area (Å²) in [7, 11) is 0. The van der Waals surface area contributed by atoms with E-state index in [4.69, 9.17) is 4.42 Å². The third-order valence-electron chi connectivity index (χ3n) is 3.93. The van der Waals surface area contributed by atoms with Gasteiger partial charge in [-0.05, 0) is 57.4 Å². The minimum Gasteiger partial charge on any atom is -0.466 e. The zero-order valence-corrected chi connectivity index (χ0v) is 13.6. The molecule has 0 fully saturated rings. The van der Waals surface area contributed by atoms with Crippen LogP contribution >= 0.6 is 11.3 Å². The Hall–Kier alpha value is -1.54. The predicted octanol–water partition coefficient (Wildman–Crippen LogP) is 5.64. The highest BCUT2D eigenvalue weighted by Gasteiger charge is 2.08. The molecule has 0 spiro atoms. The number of aryl methyl sites for hydroxylation is 4. The van der Waals surface area contributed by atoms with E-state index >= 15 is 0 Å². The Bertz CT molecular complexity index is 669. The van der Waals surface area contributed by atoms with Gasteiger partial charge in [0.2, 0.25) is 0 Å². The maximum atomic E-state index is 5.96. The van der Waals surface area contributed by atoms with Crippen molar-refractivity contribution in [3.05, 3.63) is 68.8 Å². The van der Waals surface area contributed by atoms with Gasteiger partial charge in [-0.1, -0.05) is 23.3 Å². The minimum atomic E-state index is 1.00. The van der Waals surface area contributed by atoms with E-state index in [2.05, 4.69) is 50.3 Å². The molecule has 0 bridgehead atoms. The van der Waals surface area contributed by atoms with Crippen LogP contribution in [0, 0.1) is 6.92 Å². The zero-order valence-electron chi connectivity index (χ0n) is 12.8. The van der Waals surface area contributed by atoms with Crippen LogP contribution in [-0.2, 0) is 19.3 Å². The van der Waals surface area contributed by atoms with Gasteiger partial charge in [0.15, 0.2) is 0 Å². The van der Waals surface area contributed by atoms with E-state index in [1.807, 2.05) is 11.3 Å². The highest BCUT2D eigenvalue weighted by molar-refractivity contribution is 7.11. The van der Waals surface area contributed by atoms with Gasteiger partial charge in [-0.2, -0.15) is 0 Å². The maximum Gasteiger partial charge on any atom is 0.104 e. The first-order valence-electron chi connectivity index (χ1n) is 7.67. The van der Waals surface area contributed by atoms with Gasteiger partial charge in [0.1, 0.15) is 11.5 Å². The molecule has 0 radical (unpaired) electrons. The van der Waals surface area contributed by atoms with Crippen LogP contribution in [0.2, 0.25) is 0 Å². The van der Waals surface area contributed by atoms with Crippen LogP contribution in [0.5, 0.6) is 0 Å². The third kappa shape index (κ3) is 3.98. The van der Waals surface area contributed by atoms with E-state index in [1.165, 1.54) is 20.9 Å². The van der Waals surface area contributed by atoms with Gasteiger partial charge in [-0.25, -0.2) is 0 Å². The van der Waals surface area contributed by atoms with Gasteiger partial charge in [-0.15, -0.1) is 11.3 Å². The number of rotatable bonds is 6. The Morgan fingerprint density at radius 1 is 0.905 bits per heavy atom. The number of thiophene rings is 1. The Kier molecular flexibility index (Phi) is 4.45. The molecule has 0 saturated heterocycles. The first-order valence-corrected chi connectivity index (χ1v) is 8.49. The molecule has 2 heterocycles. The fourth-order valence-electron chi connectivity index (χ4n) is 2.75. The molecule has 0 aliphatic heterocycles. The van der Waals surface area contributed by atoms with Gasteiger partial charge in [0, 0.05) is 22.6 Å². The van der Waals surface area contributed by atoms with Crippen molar-refractivity contribution in [2.24, 2.45) is 0 Å². The van der Waals surface area contributed by atoms with Crippen molar-refractivity contribution in [2.45, 2.75) is 46.0 Å². The third-order valence-corrected chi connectivity index (χ3v) is 4.99. The van der Waals surface area contributed by atoms with E-state index in [1.54, 1.807) is 0 Å². The molecule has 1 nitrogen and oxygen atoms in total. The molecular formula is C19H22OS. The molecule has 2 aromatic heterocycles. The molecule has 0 saturated carbocycles. The molecule has 1 aliphatic carbocycles. The monoisotopic (exact) mass is 298 g/mol. The quantitative estimate of drug-likeness (QED) is 0.672. The van der Waals surface area contributed by atoms with Crippen molar-refractivity contribution in [1.29, 1.82) is 0 Å². The fourth-order valence-corrected chi connectivity index (χ4v) is 3.64. The highest BCUT2D eigenvalue weighted by Crippen LogP contribution is 2.24. The van der Waals surface area contributed by atoms with Gasteiger partial charge >= 0.3 is 0 Å². The lowest BCUT2D eigenvalue weighted by molar-refractivity contribution is 0.463. The number of hydrogen-bond acceptors (Lipinski definition) is 2. The Balaban J connectivity index is 1.47. The lowest BCUT2D eigenvalue weighted by Crippen LogP contribution is -1.87. The summed E-state index contributed by atoms with van der Waals surface area (Å²) in [6, 6.07) is 8.71. The lowest BCUT2D eigenvalue weighted by Gasteiger charge is -2.01. The summed E-state index contributed by atoms with van der Waals surface area (Å²) in [5.41, 5.74) is 3.00. The lowest BCUT2D eigenvalue weighted by atomic mass is 10.1. The standard InChI is InChI=1S/C19H22OS/c1-14-3-5-16(13-14)6-7-17-8-9-18(20-17)10-12-19-11-4-15(2)21-19/h3-5,8-9,11H,6-7,10,12-13H2,1-2H3. The molecule has 3 rings (SSSR count). The summed E-state index contributed by atoms with van der Waals surface area (Å²) in [6.45, 7) is 4.36. The average Bonchev–Trinajstić information content (AvgIpc) is 3.16. The normalized spacial score (nSPS) is 14.4. The predicted molar refractivity (Wildman–Crippen MR) is 90.0 cm³/mol. The van der Waals surface area contributed by atoms with Crippen LogP contribution in [0.4, 0.5) is 0 Å². The van der Waals surface area contributed by atoms with Crippen LogP contribution in [0.25, 0.3) is 0 Å². The molecule has 2 heteroatoms. The first kappa shape index (κ1) is 14.4. The number of allylic oxidation sites excluding steroid dienone is 4. The summed E-state index contributed by atoms with van der Waals surface area (Å²) in [6.07, 6.45) is 9.86. The number of furan rings is 1. The van der Waals surface area contributed by atoms with Crippen molar-refractivity contribution in [1.82, 2.24) is 0 Å². The minimum absolute atomic E-state index is 1.00. The SMILES string of the molecule is CC1=CC=C(CCc2ccc(CCc3ccc(C)s3)o2)C1. The van der Waals surface area contributed by atoms with Crippen molar-refractivity contribution >= 4 is 11.3 Å². The summed E-state index contributed by atoms with van der Waals surface area (Å²) in [5, 5.41) is 0. The second-order valence-electron chi connectivity index (χ2n) is 5.90. The first-order chi connectivity index (χ1) is 10.2. The van der Waals surface area contributed by atoms with Gasteiger partial charge < -0.3 is 4.42 Å². The molecule has 0 atom stereocenters. The summed E-state index contributed by atoms with van der Waals surface area (Å²) < 4.78 is 5.96. The largest absolute Gasteiger partial charge is 0.466 e. The smallest absolute Gasteiger partial charge is 0.104 e. The Labute approximate surface area is 131 Å². The van der Waals surface area contributed by atoms with Crippen molar-refractivity contribution in [3.63, 3.8) is 0 Å². The topological polar surface area (TPSA) is 13.1 Å². The summed E-state index contributed by atoms with van der Waals surface area (Å²) in [4.78, 5) is 2.84. The highest BCUT2D eigenvalue weighted by atomic mass is 32.1. The van der Waals surface area contributed by atoms with Crippen LogP contribution in [-0.4, -0.2) is 0 Å². The molecule has 0 aromatic carbocycles. The summed E-state index contributed by atoms with van der Waals surface area (Å²) >= 11 is 1.89.